The molecule has 0 spiro atoms. The van der Waals surface area contributed by atoms with Gasteiger partial charge in [-0.3, -0.25) is 4.99 Å². The standard InChI is InChI=1S/C22H22N4O2/c1-23-22(24-12-11-19-13-17-9-5-6-10-20(17)28-19)25-14-18-15-27-21(26-18)16-7-3-2-4-8-16/h2-10,13,15H,11-12,14H2,1H3,(H2,23,24,25). The molecule has 0 aliphatic rings. The van der Waals surface area contributed by atoms with Crippen LogP contribution >= 0.6 is 0 Å². The van der Waals surface area contributed by atoms with Gasteiger partial charge >= 0.3 is 0 Å². The molecule has 0 saturated carbocycles. The lowest BCUT2D eigenvalue weighted by atomic mass is 10.2. The van der Waals surface area contributed by atoms with E-state index in [0.717, 1.165) is 34.4 Å². The van der Waals surface area contributed by atoms with Gasteiger partial charge in [0, 0.05) is 31.0 Å². The molecule has 2 heterocycles. The molecule has 2 N–H and O–H groups in total. The lowest BCUT2D eigenvalue weighted by Crippen LogP contribution is -2.37. The molecular formula is C22H22N4O2. The molecule has 28 heavy (non-hydrogen) atoms. The Morgan fingerprint density at radius 3 is 2.68 bits per heavy atom. The molecule has 4 aromatic rings. The Morgan fingerprint density at radius 1 is 1.04 bits per heavy atom. The first-order valence-corrected chi connectivity index (χ1v) is 9.23. The van der Waals surface area contributed by atoms with Crippen molar-refractivity contribution in [3.05, 3.63) is 78.4 Å². The highest BCUT2D eigenvalue weighted by Gasteiger charge is 2.07. The summed E-state index contributed by atoms with van der Waals surface area (Å²) in [6.07, 6.45) is 2.44. The van der Waals surface area contributed by atoms with Crippen LogP contribution in [0.4, 0.5) is 0 Å². The number of aromatic nitrogens is 1. The van der Waals surface area contributed by atoms with Crippen molar-refractivity contribution >= 4 is 16.9 Å². The molecule has 0 aliphatic carbocycles. The number of hydrogen-bond donors (Lipinski definition) is 2. The molecule has 2 aromatic carbocycles. The average molecular weight is 374 g/mol. The minimum absolute atomic E-state index is 0.528. The summed E-state index contributed by atoms with van der Waals surface area (Å²) in [5.74, 6) is 2.28. The van der Waals surface area contributed by atoms with Crippen molar-refractivity contribution in [3.8, 4) is 11.5 Å². The highest BCUT2D eigenvalue weighted by Crippen LogP contribution is 2.19. The summed E-state index contributed by atoms with van der Waals surface area (Å²) in [7, 11) is 1.74. The Labute approximate surface area is 163 Å². The van der Waals surface area contributed by atoms with E-state index in [9.17, 15) is 0 Å². The number of oxazole rings is 1. The third-order valence-electron chi connectivity index (χ3n) is 4.37. The first kappa shape index (κ1) is 17.9. The van der Waals surface area contributed by atoms with E-state index in [4.69, 9.17) is 8.83 Å². The molecule has 0 saturated heterocycles. The monoisotopic (exact) mass is 374 g/mol. The summed E-state index contributed by atoms with van der Waals surface area (Å²) >= 11 is 0. The van der Waals surface area contributed by atoms with Crippen LogP contribution in [0.2, 0.25) is 0 Å². The van der Waals surface area contributed by atoms with Crippen molar-refractivity contribution in [2.45, 2.75) is 13.0 Å². The van der Waals surface area contributed by atoms with Gasteiger partial charge in [-0.05, 0) is 24.3 Å². The van der Waals surface area contributed by atoms with Crippen molar-refractivity contribution < 1.29 is 8.83 Å². The summed E-state index contributed by atoms with van der Waals surface area (Å²) < 4.78 is 11.4. The minimum atomic E-state index is 0.528. The van der Waals surface area contributed by atoms with Gasteiger partial charge in [-0.2, -0.15) is 0 Å². The highest BCUT2D eigenvalue weighted by molar-refractivity contribution is 5.80. The maximum absolute atomic E-state index is 5.83. The SMILES string of the molecule is CN=C(NCCc1cc2ccccc2o1)NCc1coc(-c2ccccc2)n1. The zero-order valence-electron chi connectivity index (χ0n) is 15.7. The predicted molar refractivity (Wildman–Crippen MR) is 110 cm³/mol. The van der Waals surface area contributed by atoms with Gasteiger partial charge in [0.15, 0.2) is 5.96 Å². The molecule has 0 amide bonds. The second-order valence-corrected chi connectivity index (χ2v) is 6.36. The third-order valence-corrected chi connectivity index (χ3v) is 4.37. The number of benzene rings is 2. The molecule has 0 aliphatic heterocycles. The molecule has 4 rings (SSSR count). The van der Waals surface area contributed by atoms with Crippen LogP contribution in [0, 0.1) is 0 Å². The van der Waals surface area contributed by atoms with E-state index in [-0.39, 0.29) is 0 Å². The van der Waals surface area contributed by atoms with Crippen LogP contribution in [0.25, 0.3) is 22.4 Å². The molecule has 0 unspecified atom stereocenters. The van der Waals surface area contributed by atoms with E-state index >= 15 is 0 Å². The van der Waals surface area contributed by atoms with E-state index in [2.05, 4.69) is 32.7 Å². The Balaban J connectivity index is 1.27. The van der Waals surface area contributed by atoms with Crippen LogP contribution in [0.5, 0.6) is 0 Å². The molecule has 2 aromatic heterocycles. The maximum atomic E-state index is 5.83. The predicted octanol–water partition coefficient (Wildman–Crippen LogP) is 4.00. The third kappa shape index (κ3) is 4.23. The molecule has 6 nitrogen and oxygen atoms in total. The van der Waals surface area contributed by atoms with Crippen LogP contribution in [-0.4, -0.2) is 24.5 Å². The van der Waals surface area contributed by atoms with Crippen LogP contribution < -0.4 is 10.6 Å². The van der Waals surface area contributed by atoms with E-state index in [0.29, 0.717) is 24.9 Å². The number of fused-ring (bicyclic) bond motifs is 1. The second-order valence-electron chi connectivity index (χ2n) is 6.36. The topological polar surface area (TPSA) is 75.6 Å². The van der Waals surface area contributed by atoms with Crippen LogP contribution in [0.1, 0.15) is 11.5 Å². The molecule has 0 radical (unpaired) electrons. The van der Waals surface area contributed by atoms with Gasteiger partial charge in [-0.15, -0.1) is 0 Å². The summed E-state index contributed by atoms with van der Waals surface area (Å²) in [6.45, 7) is 1.24. The molecule has 0 atom stereocenters. The van der Waals surface area contributed by atoms with E-state index in [1.807, 2.05) is 48.5 Å². The van der Waals surface area contributed by atoms with Gasteiger partial charge in [-0.25, -0.2) is 4.98 Å². The number of guanidine groups is 1. The fourth-order valence-electron chi connectivity index (χ4n) is 2.96. The van der Waals surface area contributed by atoms with Gasteiger partial charge in [0.2, 0.25) is 5.89 Å². The van der Waals surface area contributed by atoms with Crippen molar-refractivity contribution in [1.82, 2.24) is 15.6 Å². The van der Waals surface area contributed by atoms with Crippen molar-refractivity contribution in [1.29, 1.82) is 0 Å². The Bertz CT molecular complexity index is 1030. The zero-order valence-corrected chi connectivity index (χ0v) is 15.7. The van der Waals surface area contributed by atoms with Gasteiger partial charge in [-0.1, -0.05) is 36.4 Å². The van der Waals surface area contributed by atoms with Gasteiger partial charge in [0.25, 0.3) is 0 Å². The van der Waals surface area contributed by atoms with Crippen LogP contribution in [0.3, 0.4) is 0 Å². The normalized spacial score (nSPS) is 11.7. The smallest absolute Gasteiger partial charge is 0.226 e. The summed E-state index contributed by atoms with van der Waals surface area (Å²) in [6, 6.07) is 19.9. The molecule has 0 fully saturated rings. The first-order valence-electron chi connectivity index (χ1n) is 9.23. The number of aliphatic imine (C=N–C) groups is 1. The number of hydrogen-bond acceptors (Lipinski definition) is 4. The van der Waals surface area contributed by atoms with Crippen molar-refractivity contribution in [3.63, 3.8) is 0 Å². The van der Waals surface area contributed by atoms with E-state index in [1.165, 1.54) is 0 Å². The number of rotatable bonds is 6. The lowest BCUT2D eigenvalue weighted by molar-refractivity contribution is 0.544. The Hall–Kier alpha value is -3.54. The summed E-state index contributed by atoms with van der Waals surface area (Å²) in [4.78, 5) is 8.76. The number of furan rings is 1. The fourth-order valence-corrected chi connectivity index (χ4v) is 2.96. The van der Waals surface area contributed by atoms with Crippen LogP contribution in [-0.2, 0) is 13.0 Å². The molecule has 0 bridgehead atoms. The average Bonchev–Trinajstić information content (AvgIpc) is 3.38. The first-order chi connectivity index (χ1) is 13.8. The zero-order chi connectivity index (χ0) is 19.2. The Kier molecular flexibility index (Phi) is 5.38. The molecule has 6 heteroatoms. The number of nitrogens with one attached hydrogen (secondary N) is 2. The highest BCUT2D eigenvalue weighted by atomic mass is 16.3. The minimum Gasteiger partial charge on any atom is -0.461 e. The summed E-state index contributed by atoms with van der Waals surface area (Å²) in [5.41, 5.74) is 2.70. The number of nitrogens with zero attached hydrogens (tertiary/aromatic N) is 2. The lowest BCUT2D eigenvalue weighted by Gasteiger charge is -2.09. The largest absolute Gasteiger partial charge is 0.461 e. The summed E-state index contributed by atoms with van der Waals surface area (Å²) in [5, 5.41) is 7.67. The molecular weight excluding hydrogens is 352 g/mol. The maximum Gasteiger partial charge on any atom is 0.226 e. The van der Waals surface area contributed by atoms with Crippen molar-refractivity contribution in [2.24, 2.45) is 4.99 Å². The van der Waals surface area contributed by atoms with Crippen molar-refractivity contribution in [2.75, 3.05) is 13.6 Å². The second kappa shape index (κ2) is 8.43. The van der Waals surface area contributed by atoms with E-state index < -0.39 is 0 Å². The quantitative estimate of drug-likeness (QED) is 0.394. The molecule has 142 valence electrons. The van der Waals surface area contributed by atoms with Crippen LogP contribution in [0.15, 0.2) is 80.8 Å². The van der Waals surface area contributed by atoms with E-state index in [1.54, 1.807) is 13.3 Å². The van der Waals surface area contributed by atoms with Gasteiger partial charge < -0.3 is 19.5 Å². The Morgan fingerprint density at radius 2 is 1.86 bits per heavy atom. The van der Waals surface area contributed by atoms with Gasteiger partial charge in [0.1, 0.15) is 17.6 Å². The number of para-hydroxylation sites is 1. The van der Waals surface area contributed by atoms with Gasteiger partial charge in [0.05, 0.1) is 12.2 Å². The fraction of sp³-hybridized carbons (Fsp3) is 0.182.